The minimum atomic E-state index is 0.280. The molecule has 1 atom stereocenters. The van der Waals surface area contributed by atoms with Crippen LogP contribution in [0.25, 0.3) is 0 Å². The summed E-state index contributed by atoms with van der Waals surface area (Å²) in [6.07, 6.45) is 5.28. The van der Waals surface area contributed by atoms with E-state index in [1.54, 1.807) is 0 Å². The predicted octanol–water partition coefficient (Wildman–Crippen LogP) is 3.44. The maximum absolute atomic E-state index is 5.83. The van der Waals surface area contributed by atoms with Crippen molar-refractivity contribution in [3.63, 3.8) is 0 Å². The Morgan fingerprint density at radius 2 is 2.30 bits per heavy atom. The molecule has 0 radical (unpaired) electrons. The first-order chi connectivity index (χ1) is 9.79. The van der Waals surface area contributed by atoms with Crippen LogP contribution in [0.1, 0.15) is 31.7 Å². The van der Waals surface area contributed by atoms with Gasteiger partial charge in [0.1, 0.15) is 11.5 Å². The largest absolute Gasteiger partial charge is 0.496 e. The number of rotatable bonds is 8. The minimum Gasteiger partial charge on any atom is -0.496 e. The lowest BCUT2D eigenvalue weighted by Crippen LogP contribution is -2.33. The number of aryl methyl sites for hydroxylation is 1. The lowest BCUT2D eigenvalue weighted by Gasteiger charge is -2.20. The molecule has 0 saturated heterocycles. The average molecular weight is 275 g/mol. The van der Waals surface area contributed by atoms with Gasteiger partial charge in [-0.05, 0) is 43.7 Å². The van der Waals surface area contributed by atoms with Crippen molar-refractivity contribution in [3.8, 4) is 5.75 Å². The van der Waals surface area contributed by atoms with E-state index in [1.165, 1.54) is 5.56 Å². The van der Waals surface area contributed by atoms with E-state index in [0.29, 0.717) is 6.61 Å². The smallest absolute Gasteiger partial charge is 0.119 e. The van der Waals surface area contributed by atoms with E-state index >= 15 is 0 Å². The molecule has 0 bridgehead atoms. The van der Waals surface area contributed by atoms with Crippen LogP contribution >= 0.6 is 0 Å². The molecule has 2 rings (SSSR count). The van der Waals surface area contributed by atoms with Crippen LogP contribution < -0.4 is 10.1 Å². The number of nitrogens with one attached hydrogen (secondary N) is 1. The van der Waals surface area contributed by atoms with Gasteiger partial charge in [-0.3, -0.25) is 0 Å². The summed E-state index contributed by atoms with van der Waals surface area (Å²) in [6.45, 7) is 6.78. The summed E-state index contributed by atoms with van der Waals surface area (Å²) < 4.78 is 11.5. The molecule has 1 N–H and O–H groups in total. The van der Waals surface area contributed by atoms with Crippen molar-refractivity contribution >= 4 is 0 Å². The molecule has 3 nitrogen and oxygen atoms in total. The van der Waals surface area contributed by atoms with Crippen LogP contribution in [-0.2, 0) is 4.74 Å². The molecule has 0 amide bonds. The zero-order valence-electron chi connectivity index (χ0n) is 12.5. The third kappa shape index (κ3) is 4.57. The van der Waals surface area contributed by atoms with E-state index in [-0.39, 0.29) is 6.04 Å². The third-order valence-electron chi connectivity index (χ3n) is 3.38. The Bertz CT molecular complexity index is 442. The van der Waals surface area contributed by atoms with Crippen molar-refractivity contribution < 1.29 is 9.47 Å². The molecule has 3 heteroatoms. The SMILES string of the molecule is CCCNC(CCOc1cccc(C)c1)C1=CCCO1. The summed E-state index contributed by atoms with van der Waals surface area (Å²) in [5.41, 5.74) is 1.23. The van der Waals surface area contributed by atoms with Crippen molar-refractivity contribution in [3.05, 3.63) is 41.7 Å². The molecule has 0 aromatic heterocycles. The molecule has 0 fully saturated rings. The zero-order chi connectivity index (χ0) is 14.2. The third-order valence-corrected chi connectivity index (χ3v) is 3.38. The standard InChI is InChI=1S/C17H25NO2/c1-3-10-18-16(17-8-5-11-20-17)9-12-19-15-7-4-6-14(2)13-15/h4,6-8,13,16,18H,3,5,9-12H2,1-2H3. The Morgan fingerprint density at radius 1 is 1.40 bits per heavy atom. The molecule has 1 heterocycles. The molecule has 1 aromatic carbocycles. The van der Waals surface area contributed by atoms with Gasteiger partial charge in [0.25, 0.3) is 0 Å². The van der Waals surface area contributed by atoms with E-state index < -0.39 is 0 Å². The van der Waals surface area contributed by atoms with Crippen molar-refractivity contribution in [2.75, 3.05) is 19.8 Å². The van der Waals surface area contributed by atoms with Gasteiger partial charge in [-0.15, -0.1) is 0 Å². The fourth-order valence-corrected chi connectivity index (χ4v) is 2.34. The Hall–Kier alpha value is -1.48. The summed E-state index contributed by atoms with van der Waals surface area (Å²) in [5.74, 6) is 2.03. The molecular weight excluding hydrogens is 250 g/mol. The van der Waals surface area contributed by atoms with Crippen LogP contribution in [-0.4, -0.2) is 25.8 Å². The topological polar surface area (TPSA) is 30.5 Å². The van der Waals surface area contributed by atoms with E-state index in [1.807, 2.05) is 12.1 Å². The highest BCUT2D eigenvalue weighted by Crippen LogP contribution is 2.17. The second kappa shape index (κ2) is 7.95. The van der Waals surface area contributed by atoms with Crippen LogP contribution in [0.2, 0.25) is 0 Å². The van der Waals surface area contributed by atoms with Crippen LogP contribution in [0.4, 0.5) is 0 Å². The molecule has 0 spiro atoms. The fraction of sp³-hybridized carbons (Fsp3) is 0.529. The van der Waals surface area contributed by atoms with Crippen molar-refractivity contribution in [1.82, 2.24) is 5.32 Å². The number of ether oxygens (including phenoxy) is 2. The first-order valence-corrected chi connectivity index (χ1v) is 7.55. The lowest BCUT2D eigenvalue weighted by atomic mass is 10.1. The van der Waals surface area contributed by atoms with Crippen LogP contribution in [0.5, 0.6) is 5.75 Å². The van der Waals surface area contributed by atoms with E-state index in [0.717, 1.165) is 43.9 Å². The number of hydrogen-bond donors (Lipinski definition) is 1. The van der Waals surface area contributed by atoms with Gasteiger partial charge in [0, 0.05) is 12.8 Å². The molecule has 1 aromatic rings. The zero-order valence-corrected chi connectivity index (χ0v) is 12.5. The molecule has 0 aliphatic carbocycles. The molecule has 1 aliphatic rings. The predicted molar refractivity (Wildman–Crippen MR) is 82.0 cm³/mol. The molecule has 1 aliphatic heterocycles. The highest BCUT2D eigenvalue weighted by Gasteiger charge is 2.18. The maximum Gasteiger partial charge on any atom is 0.119 e. The van der Waals surface area contributed by atoms with E-state index in [4.69, 9.17) is 9.47 Å². The second-order valence-corrected chi connectivity index (χ2v) is 5.20. The van der Waals surface area contributed by atoms with Gasteiger partial charge >= 0.3 is 0 Å². The number of benzene rings is 1. The van der Waals surface area contributed by atoms with Gasteiger partial charge in [0.05, 0.1) is 19.3 Å². The first-order valence-electron chi connectivity index (χ1n) is 7.55. The van der Waals surface area contributed by atoms with Gasteiger partial charge in [0.2, 0.25) is 0 Å². The van der Waals surface area contributed by atoms with Gasteiger partial charge < -0.3 is 14.8 Å². The van der Waals surface area contributed by atoms with Gasteiger partial charge in [-0.2, -0.15) is 0 Å². The van der Waals surface area contributed by atoms with Gasteiger partial charge in [0.15, 0.2) is 0 Å². The van der Waals surface area contributed by atoms with E-state index in [2.05, 4.69) is 37.4 Å². The fourth-order valence-electron chi connectivity index (χ4n) is 2.34. The summed E-state index contributed by atoms with van der Waals surface area (Å²) in [7, 11) is 0. The van der Waals surface area contributed by atoms with Gasteiger partial charge in [-0.25, -0.2) is 0 Å². The second-order valence-electron chi connectivity index (χ2n) is 5.20. The molecular formula is C17H25NO2. The molecule has 20 heavy (non-hydrogen) atoms. The van der Waals surface area contributed by atoms with Crippen LogP contribution in [0.3, 0.4) is 0 Å². The molecule has 0 saturated carbocycles. The normalized spacial score (nSPS) is 15.6. The van der Waals surface area contributed by atoms with Crippen molar-refractivity contribution in [2.45, 2.75) is 39.2 Å². The molecule has 1 unspecified atom stereocenters. The molecule has 110 valence electrons. The summed E-state index contributed by atoms with van der Waals surface area (Å²) in [4.78, 5) is 0. The summed E-state index contributed by atoms with van der Waals surface area (Å²) in [6, 6.07) is 8.46. The Balaban J connectivity index is 1.82. The van der Waals surface area contributed by atoms with Crippen molar-refractivity contribution in [2.24, 2.45) is 0 Å². The van der Waals surface area contributed by atoms with Crippen LogP contribution in [0.15, 0.2) is 36.1 Å². The minimum absolute atomic E-state index is 0.280. The summed E-state index contributed by atoms with van der Waals surface area (Å²) >= 11 is 0. The quantitative estimate of drug-likeness (QED) is 0.788. The van der Waals surface area contributed by atoms with Gasteiger partial charge in [-0.1, -0.05) is 19.1 Å². The monoisotopic (exact) mass is 275 g/mol. The van der Waals surface area contributed by atoms with Crippen LogP contribution in [0, 0.1) is 6.92 Å². The average Bonchev–Trinajstić information content (AvgIpc) is 2.96. The maximum atomic E-state index is 5.83. The highest BCUT2D eigenvalue weighted by molar-refractivity contribution is 5.27. The highest BCUT2D eigenvalue weighted by atomic mass is 16.5. The first kappa shape index (κ1) is 14.9. The number of hydrogen-bond acceptors (Lipinski definition) is 3. The Morgan fingerprint density at radius 3 is 3.00 bits per heavy atom. The Labute approximate surface area is 122 Å². The summed E-state index contributed by atoms with van der Waals surface area (Å²) in [5, 5.41) is 3.54. The van der Waals surface area contributed by atoms with E-state index in [9.17, 15) is 0 Å². The lowest BCUT2D eigenvalue weighted by molar-refractivity contribution is 0.199. The Kier molecular flexibility index (Phi) is 5.93. The van der Waals surface area contributed by atoms with Crippen molar-refractivity contribution in [1.29, 1.82) is 0 Å².